The normalized spacial score (nSPS) is 12.7. The highest BCUT2D eigenvalue weighted by Gasteiger charge is 2.19. The molecule has 0 bridgehead atoms. The summed E-state index contributed by atoms with van der Waals surface area (Å²) in [7, 11) is 0. The lowest BCUT2D eigenvalue weighted by molar-refractivity contribution is -0.167. The number of esters is 3. The topological polar surface area (TPSA) is 78.9 Å². The minimum Gasteiger partial charge on any atom is -0.462 e. The Morgan fingerprint density at radius 3 is 1.05 bits per heavy atom. The fourth-order valence-electron chi connectivity index (χ4n) is 6.38. The molecule has 0 aromatic carbocycles. The molecule has 0 rings (SSSR count). The highest BCUT2D eigenvalue weighted by Crippen LogP contribution is 2.14. The Morgan fingerprint density at radius 1 is 0.362 bits per heavy atom. The van der Waals surface area contributed by atoms with Gasteiger partial charge in [-0.1, -0.05) is 203 Å². The van der Waals surface area contributed by atoms with Gasteiger partial charge in [0, 0.05) is 19.3 Å². The molecule has 0 spiro atoms. The number of hydrogen-bond acceptors (Lipinski definition) is 6. The van der Waals surface area contributed by atoms with Gasteiger partial charge in [-0.3, -0.25) is 14.4 Å². The average Bonchev–Trinajstić information content (AvgIpc) is 3.22. The Hall–Kier alpha value is -3.15. The molecule has 0 aromatic rings. The van der Waals surface area contributed by atoms with Crippen LogP contribution >= 0.6 is 0 Å². The molecule has 332 valence electrons. The molecule has 0 saturated carbocycles. The van der Waals surface area contributed by atoms with Crippen LogP contribution in [0.25, 0.3) is 0 Å². The van der Waals surface area contributed by atoms with Gasteiger partial charge in [-0.2, -0.15) is 0 Å². The molecule has 0 amide bonds. The zero-order valence-corrected chi connectivity index (χ0v) is 37.8. The summed E-state index contributed by atoms with van der Waals surface area (Å²) in [5, 5.41) is 0. The van der Waals surface area contributed by atoms with Gasteiger partial charge in [-0.05, 0) is 70.6 Å². The molecule has 0 heterocycles. The van der Waals surface area contributed by atoms with E-state index >= 15 is 0 Å². The van der Waals surface area contributed by atoms with Crippen LogP contribution in [0.4, 0.5) is 0 Å². The van der Waals surface area contributed by atoms with Gasteiger partial charge >= 0.3 is 17.9 Å². The molecule has 58 heavy (non-hydrogen) atoms. The lowest BCUT2D eigenvalue weighted by atomic mass is 10.1. The summed E-state index contributed by atoms with van der Waals surface area (Å²) in [6.45, 7) is 6.35. The average molecular weight is 809 g/mol. The van der Waals surface area contributed by atoms with Crippen LogP contribution in [0.15, 0.2) is 72.9 Å². The predicted molar refractivity (Wildman–Crippen MR) is 247 cm³/mol. The fourth-order valence-corrected chi connectivity index (χ4v) is 6.38. The molecule has 0 radical (unpaired) electrons. The lowest BCUT2D eigenvalue weighted by Crippen LogP contribution is -2.30. The van der Waals surface area contributed by atoms with Crippen LogP contribution in [0.3, 0.4) is 0 Å². The van der Waals surface area contributed by atoms with Crippen LogP contribution in [0, 0.1) is 0 Å². The summed E-state index contributed by atoms with van der Waals surface area (Å²) >= 11 is 0. The fraction of sp³-hybridized carbons (Fsp3) is 0.712. The van der Waals surface area contributed by atoms with E-state index in [4.69, 9.17) is 14.2 Å². The molecule has 0 fully saturated rings. The van der Waals surface area contributed by atoms with Crippen molar-refractivity contribution in [1.82, 2.24) is 0 Å². The number of carbonyl (C=O) groups excluding carboxylic acids is 3. The molecule has 1 atom stereocenters. The Morgan fingerprint density at radius 2 is 0.672 bits per heavy atom. The molecular formula is C52H88O6. The standard InChI is InChI=1S/C52H88O6/c1-4-7-10-13-15-16-17-18-19-20-21-22-23-24-25-26-27-28-29-30-31-32-33-34-35-36-37-40-42-45-51(54)57-48-49(47-56-50(53)44-41-38-12-9-6-3)58-52(55)46-43-39-14-11-8-5-2/h7,10,15-16,18-19,21-22,24-25,27-28,49H,4-6,8-9,11-14,17,20,23,26,29-48H2,1-3H3/b10-7-,16-15-,19-18-,22-21-,25-24-,28-27-. The number of unbranched alkanes of at least 4 members (excludes halogenated alkanes) is 19. The first kappa shape index (κ1) is 54.9. The number of carbonyl (C=O) groups is 3. The van der Waals surface area contributed by atoms with Crippen LogP contribution in [0.1, 0.15) is 220 Å². The van der Waals surface area contributed by atoms with Gasteiger partial charge in [0.05, 0.1) is 0 Å². The van der Waals surface area contributed by atoms with E-state index in [1.165, 1.54) is 77.0 Å². The largest absolute Gasteiger partial charge is 0.462 e. The van der Waals surface area contributed by atoms with E-state index in [9.17, 15) is 14.4 Å². The third-order valence-electron chi connectivity index (χ3n) is 9.98. The highest BCUT2D eigenvalue weighted by molar-refractivity contribution is 5.71. The summed E-state index contributed by atoms with van der Waals surface area (Å²) in [5.41, 5.74) is 0. The zero-order chi connectivity index (χ0) is 42.3. The molecule has 0 aliphatic heterocycles. The van der Waals surface area contributed by atoms with E-state index in [0.29, 0.717) is 19.3 Å². The summed E-state index contributed by atoms with van der Waals surface area (Å²) in [6.07, 6.45) is 58.2. The van der Waals surface area contributed by atoms with Crippen molar-refractivity contribution in [3.05, 3.63) is 72.9 Å². The van der Waals surface area contributed by atoms with Crippen LogP contribution in [-0.4, -0.2) is 37.2 Å². The van der Waals surface area contributed by atoms with Crippen molar-refractivity contribution < 1.29 is 28.6 Å². The van der Waals surface area contributed by atoms with Crippen molar-refractivity contribution in [1.29, 1.82) is 0 Å². The second kappa shape index (κ2) is 46.5. The Labute approximate surface area is 357 Å². The van der Waals surface area contributed by atoms with Crippen molar-refractivity contribution >= 4 is 17.9 Å². The van der Waals surface area contributed by atoms with Crippen molar-refractivity contribution in [2.75, 3.05) is 13.2 Å². The van der Waals surface area contributed by atoms with Crippen molar-refractivity contribution in [2.45, 2.75) is 226 Å². The summed E-state index contributed by atoms with van der Waals surface area (Å²) in [5.74, 6) is -0.909. The van der Waals surface area contributed by atoms with Gasteiger partial charge in [0.2, 0.25) is 0 Å². The van der Waals surface area contributed by atoms with Crippen LogP contribution in [0.5, 0.6) is 0 Å². The quantitative estimate of drug-likeness (QED) is 0.0264. The van der Waals surface area contributed by atoms with Crippen LogP contribution in [0.2, 0.25) is 0 Å². The Kier molecular flexibility index (Phi) is 44.0. The van der Waals surface area contributed by atoms with E-state index in [-0.39, 0.29) is 31.1 Å². The van der Waals surface area contributed by atoms with Crippen LogP contribution in [-0.2, 0) is 28.6 Å². The third kappa shape index (κ3) is 44.0. The SMILES string of the molecule is CC/C=C\C/C=C\C/C=C\C/C=C\C/C=C\C/C=C\CCCCCCCCCCCCC(=O)OCC(COC(=O)CCCCCCC)OC(=O)CCCCCCCC. The van der Waals surface area contributed by atoms with Gasteiger partial charge in [0.1, 0.15) is 13.2 Å². The monoisotopic (exact) mass is 809 g/mol. The molecule has 0 aliphatic carbocycles. The molecule has 0 N–H and O–H groups in total. The molecule has 0 aromatic heterocycles. The minimum absolute atomic E-state index is 0.0766. The van der Waals surface area contributed by atoms with E-state index in [1.54, 1.807) is 0 Å². The first-order chi connectivity index (χ1) is 28.5. The van der Waals surface area contributed by atoms with Gasteiger partial charge in [0.25, 0.3) is 0 Å². The van der Waals surface area contributed by atoms with Gasteiger partial charge in [-0.25, -0.2) is 0 Å². The summed E-state index contributed by atoms with van der Waals surface area (Å²) < 4.78 is 16.5. The van der Waals surface area contributed by atoms with E-state index in [2.05, 4.69) is 93.7 Å². The lowest BCUT2D eigenvalue weighted by Gasteiger charge is -2.18. The first-order valence-corrected chi connectivity index (χ1v) is 23.9. The highest BCUT2D eigenvalue weighted by atomic mass is 16.6. The Balaban J connectivity index is 3.94. The number of ether oxygens (including phenoxy) is 3. The Bertz CT molecular complexity index is 1110. The second-order valence-corrected chi connectivity index (χ2v) is 15.6. The molecule has 1 unspecified atom stereocenters. The number of rotatable bonds is 42. The number of allylic oxidation sites excluding steroid dienone is 12. The van der Waals surface area contributed by atoms with E-state index in [1.807, 2.05) is 0 Å². The van der Waals surface area contributed by atoms with E-state index < -0.39 is 6.10 Å². The summed E-state index contributed by atoms with van der Waals surface area (Å²) in [6, 6.07) is 0. The van der Waals surface area contributed by atoms with Crippen molar-refractivity contribution in [2.24, 2.45) is 0 Å². The molecular weight excluding hydrogens is 721 g/mol. The maximum atomic E-state index is 12.5. The smallest absolute Gasteiger partial charge is 0.306 e. The maximum Gasteiger partial charge on any atom is 0.306 e. The minimum atomic E-state index is -0.766. The predicted octanol–water partition coefficient (Wildman–Crippen LogP) is 15.5. The molecule has 6 nitrogen and oxygen atoms in total. The molecule has 0 saturated heterocycles. The number of hydrogen-bond donors (Lipinski definition) is 0. The maximum absolute atomic E-state index is 12.5. The summed E-state index contributed by atoms with van der Waals surface area (Å²) in [4.78, 5) is 37.2. The van der Waals surface area contributed by atoms with Crippen molar-refractivity contribution in [3.8, 4) is 0 Å². The first-order valence-electron chi connectivity index (χ1n) is 23.9. The molecule has 0 aliphatic rings. The molecule has 6 heteroatoms. The van der Waals surface area contributed by atoms with E-state index in [0.717, 1.165) is 103 Å². The van der Waals surface area contributed by atoms with Gasteiger partial charge < -0.3 is 14.2 Å². The van der Waals surface area contributed by atoms with Crippen molar-refractivity contribution in [3.63, 3.8) is 0 Å². The second-order valence-electron chi connectivity index (χ2n) is 15.6. The zero-order valence-electron chi connectivity index (χ0n) is 37.8. The van der Waals surface area contributed by atoms with Gasteiger partial charge in [0.15, 0.2) is 6.10 Å². The van der Waals surface area contributed by atoms with Gasteiger partial charge in [-0.15, -0.1) is 0 Å². The third-order valence-corrected chi connectivity index (χ3v) is 9.98. The van der Waals surface area contributed by atoms with Crippen LogP contribution < -0.4 is 0 Å².